The highest BCUT2D eigenvalue weighted by Crippen LogP contribution is 2.38. The van der Waals surface area contributed by atoms with Crippen molar-refractivity contribution in [3.8, 4) is 28.4 Å². The van der Waals surface area contributed by atoms with Crippen LogP contribution in [0.3, 0.4) is 0 Å². The van der Waals surface area contributed by atoms with Gasteiger partial charge in [-0.3, -0.25) is 9.80 Å². The number of piperazine rings is 1. The zero-order valence-corrected chi connectivity index (χ0v) is 28.9. The molecule has 2 aliphatic heterocycles. The highest BCUT2D eigenvalue weighted by molar-refractivity contribution is 5.97. The minimum Gasteiger partial charge on any atom is -0.497 e. The molecule has 48 heavy (non-hydrogen) atoms. The van der Waals surface area contributed by atoms with Crippen LogP contribution in [0.1, 0.15) is 35.6 Å². The number of piperidine rings is 1. The molecule has 3 aromatic carbocycles. The van der Waals surface area contributed by atoms with E-state index in [1.54, 1.807) is 20.3 Å². The molecule has 0 atom stereocenters. The number of ether oxygens (including phenoxy) is 3. The number of nitrogens with one attached hydrogen (secondary N) is 1. The van der Waals surface area contributed by atoms with Crippen LogP contribution in [0, 0.1) is 0 Å². The molecular formula is C35H44Cl2F3N5O3. The van der Waals surface area contributed by atoms with Gasteiger partial charge < -0.3 is 29.8 Å². The Morgan fingerprint density at radius 1 is 0.771 bits per heavy atom. The molecule has 0 bridgehead atoms. The molecule has 2 saturated heterocycles. The summed E-state index contributed by atoms with van der Waals surface area (Å²) < 4.78 is 56.3. The molecule has 0 unspecified atom stereocenters. The number of hydrogen-bond donors (Lipinski definition) is 2. The Morgan fingerprint density at radius 2 is 1.40 bits per heavy atom. The first-order valence-electron chi connectivity index (χ1n) is 15.8. The van der Waals surface area contributed by atoms with Crippen LogP contribution in [-0.4, -0.2) is 74.2 Å². The second kappa shape index (κ2) is 16.5. The quantitative estimate of drug-likeness (QED) is 0.188. The fourth-order valence-corrected chi connectivity index (χ4v) is 6.78. The third-order valence-corrected chi connectivity index (χ3v) is 9.11. The Morgan fingerprint density at radius 3 is 1.98 bits per heavy atom. The van der Waals surface area contributed by atoms with E-state index in [0.717, 1.165) is 104 Å². The van der Waals surface area contributed by atoms with Gasteiger partial charge in [-0.05, 0) is 84.6 Å². The van der Waals surface area contributed by atoms with Gasteiger partial charge in [0.1, 0.15) is 17.2 Å². The van der Waals surface area contributed by atoms with Crippen molar-refractivity contribution in [1.29, 1.82) is 0 Å². The first-order valence-corrected chi connectivity index (χ1v) is 15.8. The van der Waals surface area contributed by atoms with E-state index in [9.17, 15) is 13.2 Å². The lowest BCUT2D eigenvalue weighted by Gasteiger charge is -2.35. The molecule has 4 aromatic rings. The summed E-state index contributed by atoms with van der Waals surface area (Å²) in [6, 6.07) is 17.5. The van der Waals surface area contributed by atoms with Crippen LogP contribution < -0.4 is 25.3 Å². The van der Waals surface area contributed by atoms with Crippen molar-refractivity contribution in [2.75, 3.05) is 53.5 Å². The summed E-state index contributed by atoms with van der Waals surface area (Å²) in [5, 5.41) is 4.52. The molecule has 6 rings (SSSR count). The SMILES string of the molecule is COc1cc(CN2CCN(Cc3ccc4c(c3)c(-c3ccc(OC(F)(F)F)cc3CN)cn4C3CCNCC3)CC2)cc(OC)c1.Cl.Cl. The van der Waals surface area contributed by atoms with Gasteiger partial charge in [0, 0.05) is 80.6 Å². The van der Waals surface area contributed by atoms with Crippen LogP contribution in [0.4, 0.5) is 13.2 Å². The fourth-order valence-electron chi connectivity index (χ4n) is 6.78. The topological polar surface area (TPSA) is 77.2 Å². The van der Waals surface area contributed by atoms with E-state index < -0.39 is 6.36 Å². The molecule has 13 heteroatoms. The summed E-state index contributed by atoms with van der Waals surface area (Å²) in [5.74, 6) is 1.32. The Kier molecular flexibility index (Phi) is 12.9. The normalized spacial score (nSPS) is 16.3. The van der Waals surface area contributed by atoms with Gasteiger partial charge in [-0.25, -0.2) is 0 Å². The van der Waals surface area contributed by atoms with Crippen molar-refractivity contribution in [2.24, 2.45) is 5.73 Å². The third-order valence-electron chi connectivity index (χ3n) is 9.11. The van der Waals surface area contributed by atoms with Crippen LogP contribution in [0.5, 0.6) is 17.2 Å². The third kappa shape index (κ3) is 8.88. The van der Waals surface area contributed by atoms with Gasteiger partial charge in [0.15, 0.2) is 0 Å². The lowest BCUT2D eigenvalue weighted by atomic mass is 9.98. The molecule has 0 saturated carbocycles. The number of nitrogens with zero attached hydrogens (tertiary/aromatic N) is 3. The molecule has 0 spiro atoms. The number of nitrogens with two attached hydrogens (primary N) is 1. The zero-order valence-electron chi connectivity index (χ0n) is 27.2. The van der Waals surface area contributed by atoms with E-state index in [1.165, 1.54) is 17.7 Å². The Hall–Kier alpha value is -3.19. The molecule has 0 amide bonds. The average molecular weight is 711 g/mol. The molecule has 0 radical (unpaired) electrons. The van der Waals surface area contributed by atoms with E-state index in [4.69, 9.17) is 15.2 Å². The van der Waals surface area contributed by atoms with E-state index >= 15 is 0 Å². The van der Waals surface area contributed by atoms with E-state index in [2.05, 4.69) is 60.9 Å². The monoisotopic (exact) mass is 709 g/mol. The molecule has 3 heterocycles. The van der Waals surface area contributed by atoms with Crippen molar-refractivity contribution in [1.82, 2.24) is 19.7 Å². The van der Waals surface area contributed by atoms with Crippen molar-refractivity contribution in [3.05, 3.63) is 77.5 Å². The zero-order chi connectivity index (χ0) is 32.3. The molecule has 262 valence electrons. The van der Waals surface area contributed by atoms with Crippen LogP contribution in [0.15, 0.2) is 60.8 Å². The number of methoxy groups -OCH3 is 2. The summed E-state index contributed by atoms with van der Waals surface area (Å²) in [6.07, 6.45) is -0.573. The Balaban J connectivity index is 0.00000260. The first kappa shape index (κ1) is 37.6. The molecule has 2 fully saturated rings. The van der Waals surface area contributed by atoms with Crippen molar-refractivity contribution >= 4 is 35.7 Å². The summed E-state index contributed by atoms with van der Waals surface area (Å²) in [7, 11) is 3.33. The second-order valence-electron chi connectivity index (χ2n) is 12.1. The lowest BCUT2D eigenvalue weighted by molar-refractivity contribution is -0.274. The van der Waals surface area contributed by atoms with Gasteiger partial charge in [-0.15, -0.1) is 38.0 Å². The number of alkyl halides is 3. The molecule has 3 N–H and O–H groups in total. The number of hydrogen-bond acceptors (Lipinski definition) is 7. The van der Waals surface area contributed by atoms with E-state index in [0.29, 0.717) is 11.6 Å². The van der Waals surface area contributed by atoms with E-state index in [1.807, 2.05) is 6.07 Å². The molecular weight excluding hydrogens is 666 g/mol. The minimum atomic E-state index is -4.76. The van der Waals surface area contributed by atoms with Crippen molar-refractivity contribution in [2.45, 2.75) is 44.9 Å². The largest absolute Gasteiger partial charge is 0.573 e. The number of rotatable bonds is 10. The highest BCUT2D eigenvalue weighted by Gasteiger charge is 2.31. The van der Waals surface area contributed by atoms with Gasteiger partial charge >= 0.3 is 6.36 Å². The maximum Gasteiger partial charge on any atom is 0.573 e. The van der Waals surface area contributed by atoms with Crippen molar-refractivity contribution in [3.63, 3.8) is 0 Å². The smallest absolute Gasteiger partial charge is 0.497 e. The van der Waals surface area contributed by atoms with Gasteiger partial charge in [-0.1, -0.05) is 12.1 Å². The maximum atomic E-state index is 13.0. The van der Waals surface area contributed by atoms with E-state index in [-0.39, 0.29) is 37.1 Å². The van der Waals surface area contributed by atoms with Crippen LogP contribution in [0.2, 0.25) is 0 Å². The number of aromatic nitrogens is 1. The number of halogens is 5. The molecule has 1 aromatic heterocycles. The predicted molar refractivity (Wildman–Crippen MR) is 188 cm³/mol. The summed E-state index contributed by atoms with van der Waals surface area (Å²) in [5.41, 5.74) is 12.0. The van der Waals surface area contributed by atoms with Crippen LogP contribution in [-0.2, 0) is 19.6 Å². The Bertz CT molecular complexity index is 1630. The maximum absolute atomic E-state index is 13.0. The van der Waals surface area contributed by atoms with Crippen LogP contribution >= 0.6 is 24.8 Å². The summed E-state index contributed by atoms with van der Waals surface area (Å²) >= 11 is 0. The van der Waals surface area contributed by atoms with Gasteiger partial charge in [0.25, 0.3) is 0 Å². The van der Waals surface area contributed by atoms with Gasteiger partial charge in [-0.2, -0.15) is 0 Å². The number of fused-ring (bicyclic) bond motifs is 1. The predicted octanol–water partition coefficient (Wildman–Crippen LogP) is 6.77. The summed E-state index contributed by atoms with van der Waals surface area (Å²) in [6.45, 7) is 7.43. The molecule has 2 aliphatic rings. The average Bonchev–Trinajstić information content (AvgIpc) is 3.43. The standard InChI is InChI=1S/C35H42F3N5O3.2ClH/c1-44-29-15-25(16-30(19-29)45-2)22-42-13-11-41(12-14-42)21-24-3-6-34-32(17-24)33(23-43(34)27-7-9-40-10-8-27)31-5-4-28(18-26(31)20-39)46-35(36,37)38;;/h3-6,15-19,23,27,40H,7-14,20-22,39H2,1-2H3;2*1H. The summed E-state index contributed by atoms with van der Waals surface area (Å²) in [4.78, 5) is 4.92. The van der Waals surface area contributed by atoms with Gasteiger partial charge in [0.2, 0.25) is 0 Å². The fraction of sp³-hybridized carbons (Fsp3) is 0.429. The van der Waals surface area contributed by atoms with Gasteiger partial charge in [0.05, 0.1) is 14.2 Å². The molecule has 0 aliphatic carbocycles. The second-order valence-corrected chi connectivity index (χ2v) is 12.1. The lowest BCUT2D eigenvalue weighted by Crippen LogP contribution is -2.45. The number of benzene rings is 3. The first-order chi connectivity index (χ1) is 22.2. The highest BCUT2D eigenvalue weighted by atomic mass is 35.5. The van der Waals surface area contributed by atoms with Crippen LogP contribution in [0.25, 0.3) is 22.0 Å². The molecule has 8 nitrogen and oxygen atoms in total. The Labute approximate surface area is 292 Å². The van der Waals surface area contributed by atoms with Crippen molar-refractivity contribution < 1.29 is 27.4 Å². The minimum absolute atomic E-state index is 0.